The van der Waals surface area contributed by atoms with Gasteiger partial charge in [-0.1, -0.05) is 48.7 Å². The van der Waals surface area contributed by atoms with E-state index in [-0.39, 0.29) is 22.7 Å². The smallest absolute Gasteiger partial charge is 0.383 e. The maximum absolute atomic E-state index is 12.8. The van der Waals surface area contributed by atoms with Crippen LogP contribution in [0.15, 0.2) is 35.1 Å². The van der Waals surface area contributed by atoms with Gasteiger partial charge in [-0.2, -0.15) is 13.2 Å². The Balaban J connectivity index is 1.74. The van der Waals surface area contributed by atoms with Crippen LogP contribution in [-0.4, -0.2) is 40.2 Å². The van der Waals surface area contributed by atoms with E-state index in [2.05, 4.69) is 16.6 Å². The van der Waals surface area contributed by atoms with Crippen LogP contribution in [0.2, 0.25) is 10.0 Å². The molecule has 2 aromatic rings. The van der Waals surface area contributed by atoms with Crippen molar-refractivity contribution < 1.29 is 27.5 Å². The number of likely N-dealkylation sites (tertiary alicyclic amines) is 1. The maximum Gasteiger partial charge on any atom is 0.491 e. The highest BCUT2D eigenvalue weighted by Gasteiger charge is 2.42. The molecule has 0 bridgehead atoms. The molecular formula is C24H25Cl2F3N2O4. The van der Waals surface area contributed by atoms with Crippen LogP contribution in [0, 0.1) is 0 Å². The standard InChI is InChI=1S/C24H25Cl2F3N2O4/c1-2-4-17-5-3-11-30(17)14-20-18(25)13-19(26)21(32)31(20)12-10-15-6-8-16(9-7-15)22(33)35-23(34)24(27,28)29/h6-9,13,17H,2-5,10-12,14H2,1H3/t17-/m0/s1. The first-order valence-electron chi connectivity index (χ1n) is 11.2. The molecule has 1 saturated heterocycles. The van der Waals surface area contributed by atoms with Gasteiger partial charge in [0.25, 0.3) is 5.56 Å². The normalized spacial score (nSPS) is 16.5. The van der Waals surface area contributed by atoms with E-state index in [0.29, 0.717) is 35.3 Å². The third-order valence-electron chi connectivity index (χ3n) is 6.01. The van der Waals surface area contributed by atoms with Gasteiger partial charge >= 0.3 is 18.1 Å². The summed E-state index contributed by atoms with van der Waals surface area (Å²) < 4.78 is 42.2. The average molecular weight is 533 g/mol. The number of hydrogen-bond acceptors (Lipinski definition) is 5. The Hall–Kier alpha value is -2.36. The second kappa shape index (κ2) is 11.6. The van der Waals surface area contributed by atoms with E-state index in [1.807, 2.05) is 0 Å². The molecule has 1 aliphatic heterocycles. The highest BCUT2D eigenvalue weighted by Crippen LogP contribution is 2.27. The molecule has 1 atom stereocenters. The zero-order valence-electron chi connectivity index (χ0n) is 19.0. The number of aromatic nitrogens is 1. The van der Waals surface area contributed by atoms with Crippen LogP contribution in [0.4, 0.5) is 13.2 Å². The third-order valence-corrected chi connectivity index (χ3v) is 6.61. The lowest BCUT2D eigenvalue weighted by molar-refractivity contribution is -0.193. The van der Waals surface area contributed by atoms with E-state index in [0.717, 1.165) is 32.2 Å². The van der Waals surface area contributed by atoms with Crippen LogP contribution in [0.5, 0.6) is 0 Å². The number of pyridine rings is 1. The molecule has 190 valence electrons. The van der Waals surface area contributed by atoms with Gasteiger partial charge in [0.05, 0.1) is 16.3 Å². The molecule has 0 spiro atoms. The summed E-state index contributed by atoms with van der Waals surface area (Å²) in [6.45, 7) is 3.85. The average Bonchev–Trinajstić information content (AvgIpc) is 3.23. The van der Waals surface area contributed by atoms with E-state index >= 15 is 0 Å². The minimum Gasteiger partial charge on any atom is -0.383 e. The number of rotatable bonds is 8. The maximum atomic E-state index is 12.8. The van der Waals surface area contributed by atoms with Crippen molar-refractivity contribution in [2.24, 2.45) is 0 Å². The molecule has 0 N–H and O–H groups in total. The van der Waals surface area contributed by atoms with Crippen LogP contribution in [-0.2, 0) is 29.0 Å². The molecule has 2 heterocycles. The summed E-state index contributed by atoms with van der Waals surface area (Å²) in [5.41, 5.74) is 0.826. The van der Waals surface area contributed by atoms with E-state index in [4.69, 9.17) is 23.2 Å². The van der Waals surface area contributed by atoms with Gasteiger partial charge in [-0.25, -0.2) is 9.59 Å². The fraction of sp³-hybridized carbons (Fsp3) is 0.458. The molecule has 0 amide bonds. The number of carbonyl (C=O) groups is 2. The third kappa shape index (κ3) is 6.86. The lowest BCUT2D eigenvalue weighted by Gasteiger charge is -2.26. The van der Waals surface area contributed by atoms with Crippen LogP contribution in [0.3, 0.4) is 0 Å². The van der Waals surface area contributed by atoms with Crippen molar-refractivity contribution in [2.75, 3.05) is 6.54 Å². The zero-order valence-corrected chi connectivity index (χ0v) is 20.6. The van der Waals surface area contributed by atoms with Gasteiger partial charge in [-0.3, -0.25) is 9.69 Å². The minimum absolute atomic E-state index is 0.0118. The van der Waals surface area contributed by atoms with Crippen molar-refractivity contribution in [1.29, 1.82) is 0 Å². The molecule has 0 unspecified atom stereocenters. The SMILES string of the molecule is CCC[C@H]1CCCN1Cc1c(Cl)cc(Cl)c(=O)n1CCc1ccc(C(=O)OC(=O)C(F)(F)F)cc1. The molecule has 1 aromatic heterocycles. The van der Waals surface area contributed by atoms with Crippen molar-refractivity contribution in [1.82, 2.24) is 9.47 Å². The summed E-state index contributed by atoms with van der Waals surface area (Å²) in [5, 5.41) is 0.418. The fourth-order valence-corrected chi connectivity index (χ4v) is 4.78. The molecule has 1 aromatic carbocycles. The monoisotopic (exact) mass is 532 g/mol. The molecule has 1 aliphatic rings. The molecule has 0 radical (unpaired) electrons. The summed E-state index contributed by atoms with van der Waals surface area (Å²) in [6.07, 6.45) is -0.561. The first-order chi connectivity index (χ1) is 16.5. The van der Waals surface area contributed by atoms with Gasteiger partial charge in [0.1, 0.15) is 5.02 Å². The van der Waals surface area contributed by atoms with Gasteiger partial charge in [0, 0.05) is 19.1 Å². The van der Waals surface area contributed by atoms with Crippen LogP contribution >= 0.6 is 23.2 Å². The van der Waals surface area contributed by atoms with Gasteiger partial charge in [-0.05, 0) is 56.0 Å². The predicted octanol–water partition coefficient (Wildman–Crippen LogP) is 5.41. The lowest BCUT2D eigenvalue weighted by atomic mass is 10.1. The van der Waals surface area contributed by atoms with Gasteiger partial charge in [0.15, 0.2) is 0 Å². The zero-order chi connectivity index (χ0) is 25.8. The molecule has 0 saturated carbocycles. The summed E-state index contributed by atoms with van der Waals surface area (Å²) in [7, 11) is 0. The van der Waals surface area contributed by atoms with Gasteiger partial charge in [0.2, 0.25) is 0 Å². The first-order valence-corrected chi connectivity index (χ1v) is 12.0. The van der Waals surface area contributed by atoms with E-state index in [9.17, 15) is 27.6 Å². The number of hydrogen-bond donors (Lipinski definition) is 0. The van der Waals surface area contributed by atoms with Crippen LogP contribution in [0.1, 0.15) is 54.2 Å². The molecule has 0 aliphatic carbocycles. The minimum atomic E-state index is -5.26. The highest BCUT2D eigenvalue weighted by molar-refractivity contribution is 6.34. The number of ether oxygens (including phenoxy) is 1. The number of aryl methyl sites for hydroxylation is 1. The molecule has 1 fully saturated rings. The van der Waals surface area contributed by atoms with E-state index in [1.54, 1.807) is 4.57 Å². The Morgan fingerprint density at radius 2 is 1.83 bits per heavy atom. The molecular weight excluding hydrogens is 508 g/mol. The fourth-order valence-electron chi connectivity index (χ4n) is 4.24. The number of esters is 2. The highest BCUT2D eigenvalue weighted by atomic mass is 35.5. The van der Waals surface area contributed by atoms with Gasteiger partial charge < -0.3 is 9.30 Å². The molecule has 6 nitrogen and oxygen atoms in total. The second-order valence-corrected chi connectivity index (χ2v) is 9.23. The summed E-state index contributed by atoms with van der Waals surface area (Å²) in [5.74, 6) is -3.97. The first kappa shape index (κ1) is 27.2. The van der Waals surface area contributed by atoms with Gasteiger partial charge in [-0.15, -0.1) is 0 Å². The Morgan fingerprint density at radius 1 is 1.14 bits per heavy atom. The number of alkyl halides is 3. The van der Waals surface area contributed by atoms with Crippen molar-refractivity contribution >= 4 is 35.1 Å². The largest absolute Gasteiger partial charge is 0.491 e. The Kier molecular flexibility index (Phi) is 9.01. The number of halogens is 5. The Morgan fingerprint density at radius 3 is 2.46 bits per heavy atom. The topological polar surface area (TPSA) is 68.6 Å². The Bertz CT molecular complexity index is 1130. The van der Waals surface area contributed by atoms with Crippen molar-refractivity contribution in [3.63, 3.8) is 0 Å². The molecule has 3 rings (SSSR count). The predicted molar refractivity (Wildman–Crippen MR) is 126 cm³/mol. The van der Waals surface area contributed by atoms with Crippen LogP contribution in [0.25, 0.3) is 0 Å². The summed E-state index contributed by atoms with van der Waals surface area (Å²) in [6, 6.07) is 7.45. The lowest BCUT2D eigenvalue weighted by Crippen LogP contribution is -2.33. The second-order valence-electron chi connectivity index (χ2n) is 8.42. The summed E-state index contributed by atoms with van der Waals surface area (Å²) in [4.78, 5) is 37.8. The van der Waals surface area contributed by atoms with E-state index < -0.39 is 18.1 Å². The molecule has 35 heavy (non-hydrogen) atoms. The quantitative estimate of drug-likeness (QED) is 0.336. The number of carbonyl (C=O) groups excluding carboxylic acids is 2. The van der Waals surface area contributed by atoms with Crippen molar-refractivity contribution in [3.05, 3.63) is 67.6 Å². The summed E-state index contributed by atoms with van der Waals surface area (Å²) >= 11 is 12.6. The molecule has 11 heteroatoms. The van der Waals surface area contributed by atoms with E-state index in [1.165, 1.54) is 30.3 Å². The van der Waals surface area contributed by atoms with Crippen molar-refractivity contribution in [3.8, 4) is 0 Å². The van der Waals surface area contributed by atoms with Crippen LogP contribution < -0.4 is 5.56 Å². The van der Waals surface area contributed by atoms with Crippen molar-refractivity contribution in [2.45, 2.75) is 64.3 Å². The number of benzene rings is 1. The Labute approximate surface area is 210 Å². The number of nitrogens with zero attached hydrogens (tertiary/aromatic N) is 2.